The van der Waals surface area contributed by atoms with Gasteiger partial charge in [0.25, 0.3) is 0 Å². The van der Waals surface area contributed by atoms with E-state index in [2.05, 4.69) is 0 Å². The molecule has 10 nitrogen and oxygen atoms in total. The second-order valence-electron chi connectivity index (χ2n) is 8.01. The van der Waals surface area contributed by atoms with Crippen LogP contribution in [-0.4, -0.2) is 76.6 Å². The van der Waals surface area contributed by atoms with E-state index in [-0.39, 0.29) is 17.8 Å². The summed E-state index contributed by atoms with van der Waals surface area (Å²) in [5.41, 5.74) is 1.59. The van der Waals surface area contributed by atoms with Crippen molar-refractivity contribution in [3.8, 4) is 28.7 Å². The molecular weight excluding hydrogens is 424 g/mol. The maximum atomic E-state index is 10.4. The molecule has 5 rings (SSSR count). The molecule has 0 bridgehead atoms. The monoisotopic (exact) mass is 448 g/mol. The number of ether oxygens (including phenoxy) is 5. The first kappa shape index (κ1) is 21.1. The first-order chi connectivity index (χ1) is 15.4. The number of rotatable bonds is 4. The molecule has 1 fully saturated rings. The van der Waals surface area contributed by atoms with Crippen LogP contribution in [-0.2, 0) is 4.74 Å². The molecule has 5 N–H and O–H groups in total. The van der Waals surface area contributed by atoms with Crippen LogP contribution < -0.4 is 18.9 Å². The van der Waals surface area contributed by atoms with Crippen LogP contribution in [0.15, 0.2) is 30.3 Å². The molecule has 2 aromatic carbocycles. The largest absolute Gasteiger partial charge is 0.502 e. The maximum Gasteiger partial charge on any atom is 0.229 e. The normalized spacial score (nSPS) is 32.7. The third kappa shape index (κ3) is 3.23. The SMILES string of the molecule is COc1ccc2c(c1O)OC1c3ccc(O[C@@H]4O[C@H](CO)[C@@H](O)[C@@H](O)[C@H]4O)cc3OCC21. The van der Waals surface area contributed by atoms with Crippen LogP contribution in [0.3, 0.4) is 0 Å². The standard InChI is InChI=1S/C22H24O10/c1-28-13-5-4-10-12-8-29-14-6-9(2-3-11(14)20(12)32-21(10)17(13)25)30-22-19(27)18(26)16(24)15(7-23)31-22/h2-6,12,15-16,18-20,22-27H,7-8H2,1H3/t12?,15-,16-,18-,19-,20?,22-/m1/s1. The second-order valence-corrected chi connectivity index (χ2v) is 8.01. The van der Waals surface area contributed by atoms with Crippen LogP contribution in [0, 0.1) is 0 Å². The van der Waals surface area contributed by atoms with Gasteiger partial charge in [0.1, 0.15) is 42.0 Å². The lowest BCUT2D eigenvalue weighted by Gasteiger charge is -2.39. The predicted molar refractivity (Wildman–Crippen MR) is 107 cm³/mol. The number of methoxy groups -OCH3 is 1. The fourth-order valence-corrected chi connectivity index (χ4v) is 4.41. The minimum Gasteiger partial charge on any atom is -0.502 e. The molecule has 0 spiro atoms. The van der Waals surface area contributed by atoms with Gasteiger partial charge in [-0.1, -0.05) is 6.07 Å². The van der Waals surface area contributed by atoms with Crippen molar-refractivity contribution < 1.29 is 49.2 Å². The molecule has 172 valence electrons. The van der Waals surface area contributed by atoms with E-state index in [4.69, 9.17) is 23.7 Å². The van der Waals surface area contributed by atoms with E-state index in [1.54, 1.807) is 24.3 Å². The summed E-state index contributed by atoms with van der Waals surface area (Å²) in [6.07, 6.45) is -7.24. The number of phenols is 1. The van der Waals surface area contributed by atoms with E-state index in [0.717, 1.165) is 11.1 Å². The second kappa shape index (κ2) is 7.98. The van der Waals surface area contributed by atoms with E-state index >= 15 is 0 Å². The van der Waals surface area contributed by atoms with E-state index in [9.17, 15) is 25.5 Å². The van der Waals surface area contributed by atoms with Gasteiger partial charge in [0, 0.05) is 17.2 Å². The number of aromatic hydroxyl groups is 1. The lowest BCUT2D eigenvalue weighted by atomic mass is 9.89. The number of benzene rings is 2. The fourth-order valence-electron chi connectivity index (χ4n) is 4.41. The van der Waals surface area contributed by atoms with Crippen molar-refractivity contribution >= 4 is 0 Å². The Morgan fingerprint density at radius 2 is 1.81 bits per heavy atom. The van der Waals surface area contributed by atoms with Crippen molar-refractivity contribution in [2.24, 2.45) is 0 Å². The Morgan fingerprint density at radius 3 is 2.56 bits per heavy atom. The fraction of sp³-hybridized carbons (Fsp3) is 0.455. The molecule has 0 amide bonds. The zero-order chi connectivity index (χ0) is 22.6. The van der Waals surface area contributed by atoms with Crippen LogP contribution in [0.25, 0.3) is 0 Å². The zero-order valence-corrected chi connectivity index (χ0v) is 17.1. The molecule has 7 atom stereocenters. The van der Waals surface area contributed by atoms with E-state index in [0.29, 0.717) is 29.6 Å². The van der Waals surface area contributed by atoms with Crippen molar-refractivity contribution in [3.05, 3.63) is 41.5 Å². The topological polar surface area (TPSA) is 147 Å². The van der Waals surface area contributed by atoms with Gasteiger partial charge in [0.2, 0.25) is 12.0 Å². The Labute approximate surface area is 183 Å². The average Bonchev–Trinajstić information content (AvgIpc) is 3.19. The Kier molecular flexibility index (Phi) is 5.26. The molecule has 0 aromatic heterocycles. The number of fused-ring (bicyclic) bond motifs is 5. The first-order valence-electron chi connectivity index (χ1n) is 10.2. The molecular formula is C22H24O10. The summed E-state index contributed by atoms with van der Waals surface area (Å²) in [6.45, 7) is -0.226. The molecule has 3 aliphatic rings. The van der Waals surface area contributed by atoms with Crippen molar-refractivity contribution in [1.29, 1.82) is 0 Å². The molecule has 0 aliphatic carbocycles. The summed E-state index contributed by atoms with van der Waals surface area (Å²) in [6, 6.07) is 8.54. The summed E-state index contributed by atoms with van der Waals surface area (Å²) in [4.78, 5) is 0. The molecule has 0 radical (unpaired) electrons. The summed E-state index contributed by atoms with van der Waals surface area (Å²) in [7, 11) is 1.47. The average molecular weight is 448 g/mol. The van der Waals surface area contributed by atoms with Gasteiger partial charge in [-0.3, -0.25) is 0 Å². The van der Waals surface area contributed by atoms with E-state index in [1.165, 1.54) is 7.11 Å². The number of phenolic OH excluding ortho intramolecular Hbond substituents is 1. The third-order valence-corrected chi connectivity index (χ3v) is 6.17. The molecule has 3 aliphatic heterocycles. The van der Waals surface area contributed by atoms with Crippen LogP contribution in [0.2, 0.25) is 0 Å². The van der Waals surface area contributed by atoms with Crippen molar-refractivity contribution in [2.45, 2.75) is 42.7 Å². The highest BCUT2D eigenvalue weighted by atomic mass is 16.7. The molecule has 2 aromatic rings. The molecule has 3 heterocycles. The number of hydrogen-bond donors (Lipinski definition) is 5. The smallest absolute Gasteiger partial charge is 0.229 e. The first-order valence-corrected chi connectivity index (χ1v) is 10.2. The Bertz CT molecular complexity index is 1010. The minimum atomic E-state index is -1.53. The summed E-state index contributed by atoms with van der Waals surface area (Å²) >= 11 is 0. The highest BCUT2D eigenvalue weighted by molar-refractivity contribution is 5.60. The highest BCUT2D eigenvalue weighted by Crippen LogP contribution is 2.56. The van der Waals surface area contributed by atoms with Gasteiger partial charge in [-0.2, -0.15) is 0 Å². The zero-order valence-electron chi connectivity index (χ0n) is 17.1. The minimum absolute atomic E-state index is 0.0523. The van der Waals surface area contributed by atoms with Crippen molar-refractivity contribution in [3.63, 3.8) is 0 Å². The van der Waals surface area contributed by atoms with Gasteiger partial charge in [-0.05, 0) is 18.2 Å². The lowest BCUT2D eigenvalue weighted by Crippen LogP contribution is -2.60. The summed E-state index contributed by atoms with van der Waals surface area (Å²) in [5, 5.41) is 49.8. The number of aliphatic hydroxyl groups is 4. The molecule has 10 heteroatoms. The molecule has 0 saturated carbocycles. The molecule has 2 unspecified atom stereocenters. The number of aliphatic hydroxyl groups excluding tert-OH is 4. The quantitative estimate of drug-likeness (QED) is 0.439. The van der Waals surface area contributed by atoms with Crippen molar-refractivity contribution in [2.75, 3.05) is 20.3 Å². The Hall–Kier alpha value is -2.76. The maximum absolute atomic E-state index is 10.4. The van der Waals surface area contributed by atoms with Gasteiger partial charge in [0.05, 0.1) is 26.2 Å². The van der Waals surface area contributed by atoms with Gasteiger partial charge in [-0.15, -0.1) is 0 Å². The summed E-state index contributed by atoms with van der Waals surface area (Å²) in [5.74, 6) is 1.35. The van der Waals surface area contributed by atoms with Gasteiger partial charge in [-0.25, -0.2) is 0 Å². The van der Waals surface area contributed by atoms with Gasteiger partial charge >= 0.3 is 0 Å². The molecule has 1 saturated heterocycles. The van der Waals surface area contributed by atoms with Crippen LogP contribution in [0.5, 0.6) is 28.7 Å². The van der Waals surface area contributed by atoms with E-state index < -0.39 is 37.3 Å². The van der Waals surface area contributed by atoms with Gasteiger partial charge in [0.15, 0.2) is 11.5 Å². The van der Waals surface area contributed by atoms with Gasteiger partial charge < -0.3 is 49.2 Å². The Morgan fingerprint density at radius 1 is 1.03 bits per heavy atom. The van der Waals surface area contributed by atoms with Crippen LogP contribution in [0.4, 0.5) is 0 Å². The van der Waals surface area contributed by atoms with E-state index in [1.807, 2.05) is 6.07 Å². The van der Waals surface area contributed by atoms with Crippen LogP contribution in [0.1, 0.15) is 23.1 Å². The van der Waals surface area contributed by atoms with Crippen molar-refractivity contribution in [1.82, 2.24) is 0 Å². The molecule has 32 heavy (non-hydrogen) atoms. The van der Waals surface area contributed by atoms with Crippen LogP contribution >= 0.6 is 0 Å². The third-order valence-electron chi connectivity index (χ3n) is 6.17. The predicted octanol–water partition coefficient (Wildman–Crippen LogP) is 0.189. The lowest BCUT2D eigenvalue weighted by molar-refractivity contribution is -0.277. The number of hydrogen-bond acceptors (Lipinski definition) is 10. The summed E-state index contributed by atoms with van der Waals surface area (Å²) < 4.78 is 28.2. The highest BCUT2D eigenvalue weighted by Gasteiger charge is 2.45. The Balaban J connectivity index is 1.37.